The molecule has 2 atom stereocenters. The van der Waals surface area contributed by atoms with Crippen LogP contribution in [-0.4, -0.2) is 48.3 Å². The maximum absolute atomic E-state index is 11.9. The highest BCUT2D eigenvalue weighted by Gasteiger charge is 2.26. The number of nitriles is 1. The molecule has 0 unspecified atom stereocenters. The Morgan fingerprint density at radius 1 is 1.39 bits per heavy atom. The van der Waals surface area contributed by atoms with E-state index in [-0.39, 0.29) is 24.3 Å². The van der Waals surface area contributed by atoms with Gasteiger partial charge in [-0.3, -0.25) is 9.59 Å². The number of hydrogen-bond acceptors (Lipinski definition) is 6. The Morgan fingerprint density at radius 2 is 2.17 bits per heavy atom. The number of nitrogens with one attached hydrogen (secondary N) is 3. The maximum atomic E-state index is 11.9. The van der Waals surface area contributed by atoms with E-state index in [2.05, 4.69) is 25.7 Å². The SMILES string of the molecule is N#C[C@H](C[C@@H]1CCCNC1=O)NC(=O)CNSN1CCCCC1. The monoisotopic (exact) mass is 339 g/mol. The van der Waals surface area contributed by atoms with Crippen molar-refractivity contribution in [3.63, 3.8) is 0 Å². The van der Waals surface area contributed by atoms with E-state index in [1.54, 1.807) is 0 Å². The first-order valence-electron chi connectivity index (χ1n) is 8.30. The van der Waals surface area contributed by atoms with Crippen molar-refractivity contribution in [1.82, 2.24) is 19.7 Å². The molecule has 7 nitrogen and oxygen atoms in total. The Balaban J connectivity index is 1.65. The first-order chi connectivity index (χ1) is 11.2. The van der Waals surface area contributed by atoms with Crippen LogP contribution >= 0.6 is 12.1 Å². The number of nitrogens with zero attached hydrogens (tertiary/aromatic N) is 2. The van der Waals surface area contributed by atoms with E-state index in [9.17, 15) is 14.9 Å². The standard InChI is InChI=1S/C15H25N5O2S/c16-10-13(9-12-5-4-6-17-15(12)22)19-14(21)11-18-23-20-7-2-1-3-8-20/h12-13,18H,1-9,11H2,(H,17,22)(H,19,21)/t12-,13-/m0/s1. The van der Waals surface area contributed by atoms with Crippen molar-refractivity contribution in [3.8, 4) is 6.07 Å². The van der Waals surface area contributed by atoms with E-state index in [4.69, 9.17) is 0 Å². The topological polar surface area (TPSA) is 97.3 Å². The lowest BCUT2D eigenvalue weighted by Crippen LogP contribution is -2.43. The van der Waals surface area contributed by atoms with Crippen molar-refractivity contribution in [1.29, 1.82) is 5.26 Å². The summed E-state index contributed by atoms with van der Waals surface area (Å²) in [7, 11) is 0. The molecular formula is C15H25N5O2S. The molecule has 2 fully saturated rings. The van der Waals surface area contributed by atoms with Crippen LogP contribution in [0.3, 0.4) is 0 Å². The minimum Gasteiger partial charge on any atom is -0.356 e. The van der Waals surface area contributed by atoms with E-state index in [0.717, 1.165) is 25.9 Å². The minimum absolute atomic E-state index is 0.00970. The second-order valence-electron chi connectivity index (χ2n) is 6.02. The average Bonchev–Trinajstić information content (AvgIpc) is 2.57. The molecule has 0 bridgehead atoms. The maximum Gasteiger partial charge on any atom is 0.235 e. The van der Waals surface area contributed by atoms with Crippen molar-refractivity contribution in [3.05, 3.63) is 0 Å². The molecule has 0 radical (unpaired) electrons. The third-order valence-electron chi connectivity index (χ3n) is 4.15. The van der Waals surface area contributed by atoms with Gasteiger partial charge in [-0.1, -0.05) is 6.42 Å². The summed E-state index contributed by atoms with van der Waals surface area (Å²) in [5.74, 6) is -0.397. The lowest BCUT2D eigenvalue weighted by Gasteiger charge is -2.25. The fourth-order valence-corrected chi connectivity index (χ4v) is 3.70. The summed E-state index contributed by atoms with van der Waals surface area (Å²) in [4.78, 5) is 23.6. The first-order valence-corrected chi connectivity index (χ1v) is 9.08. The third kappa shape index (κ3) is 6.37. The van der Waals surface area contributed by atoms with Gasteiger partial charge in [0.1, 0.15) is 6.04 Å². The molecular weight excluding hydrogens is 314 g/mol. The molecule has 8 heteroatoms. The Labute approximate surface area is 141 Å². The molecule has 0 saturated carbocycles. The molecule has 0 spiro atoms. The molecule has 23 heavy (non-hydrogen) atoms. The quantitative estimate of drug-likeness (QED) is 0.586. The zero-order chi connectivity index (χ0) is 16.5. The number of carbonyl (C=O) groups is 2. The highest BCUT2D eigenvalue weighted by Crippen LogP contribution is 2.17. The highest BCUT2D eigenvalue weighted by atomic mass is 32.2. The summed E-state index contributed by atoms with van der Waals surface area (Å²) >= 11 is 1.47. The normalized spacial score (nSPS) is 23.6. The summed E-state index contributed by atoms with van der Waals surface area (Å²) in [6, 6.07) is 1.47. The van der Waals surface area contributed by atoms with E-state index in [1.165, 1.54) is 31.4 Å². The molecule has 2 aliphatic rings. The van der Waals surface area contributed by atoms with Gasteiger partial charge < -0.3 is 10.6 Å². The first kappa shape index (κ1) is 18.0. The van der Waals surface area contributed by atoms with Gasteiger partial charge in [-0.25, -0.2) is 9.03 Å². The van der Waals surface area contributed by atoms with Gasteiger partial charge in [0.2, 0.25) is 11.8 Å². The Kier molecular flexibility index (Phi) is 7.65. The highest BCUT2D eigenvalue weighted by molar-refractivity contribution is 7.95. The fraction of sp³-hybridized carbons (Fsp3) is 0.800. The van der Waals surface area contributed by atoms with Gasteiger partial charge >= 0.3 is 0 Å². The van der Waals surface area contributed by atoms with Crippen LogP contribution in [0.4, 0.5) is 0 Å². The van der Waals surface area contributed by atoms with Gasteiger partial charge in [0, 0.05) is 37.7 Å². The number of piperidine rings is 2. The number of carbonyl (C=O) groups excluding carboxylic acids is 2. The van der Waals surface area contributed by atoms with Crippen LogP contribution in [0.2, 0.25) is 0 Å². The average molecular weight is 339 g/mol. The Bertz CT molecular complexity index is 448. The summed E-state index contributed by atoms with van der Waals surface area (Å²) in [6.45, 7) is 2.95. The molecule has 2 heterocycles. The molecule has 0 aromatic heterocycles. The zero-order valence-corrected chi connectivity index (χ0v) is 14.2. The van der Waals surface area contributed by atoms with E-state index in [0.29, 0.717) is 13.0 Å². The second-order valence-corrected chi connectivity index (χ2v) is 7.00. The number of amides is 2. The van der Waals surface area contributed by atoms with Crippen LogP contribution in [0.15, 0.2) is 0 Å². The van der Waals surface area contributed by atoms with Crippen molar-refractivity contribution in [2.45, 2.75) is 44.6 Å². The van der Waals surface area contributed by atoms with Crippen molar-refractivity contribution in [2.24, 2.45) is 5.92 Å². The van der Waals surface area contributed by atoms with Gasteiger partial charge in [0.05, 0.1) is 12.6 Å². The molecule has 3 N–H and O–H groups in total. The van der Waals surface area contributed by atoms with Crippen LogP contribution in [0, 0.1) is 17.2 Å². The van der Waals surface area contributed by atoms with E-state index < -0.39 is 6.04 Å². The predicted molar refractivity (Wildman–Crippen MR) is 88.9 cm³/mol. The lowest BCUT2D eigenvalue weighted by atomic mass is 9.92. The molecule has 0 aromatic carbocycles. The van der Waals surface area contributed by atoms with E-state index in [1.807, 2.05) is 0 Å². The molecule has 2 rings (SSSR count). The second kappa shape index (κ2) is 9.75. The molecule has 0 aliphatic carbocycles. The smallest absolute Gasteiger partial charge is 0.235 e. The summed E-state index contributed by atoms with van der Waals surface area (Å²) in [5.41, 5.74) is 0. The number of hydrogen-bond donors (Lipinski definition) is 3. The molecule has 2 saturated heterocycles. The largest absolute Gasteiger partial charge is 0.356 e. The molecule has 128 valence electrons. The van der Waals surface area contributed by atoms with Gasteiger partial charge in [-0.15, -0.1) is 0 Å². The van der Waals surface area contributed by atoms with Crippen LogP contribution in [-0.2, 0) is 9.59 Å². The van der Waals surface area contributed by atoms with Crippen molar-refractivity contribution < 1.29 is 9.59 Å². The number of rotatable bonds is 7. The Morgan fingerprint density at radius 3 is 2.87 bits per heavy atom. The van der Waals surface area contributed by atoms with Crippen molar-refractivity contribution in [2.75, 3.05) is 26.2 Å². The van der Waals surface area contributed by atoms with Gasteiger partial charge in [0.25, 0.3) is 0 Å². The molecule has 0 aromatic rings. The zero-order valence-electron chi connectivity index (χ0n) is 13.3. The summed E-state index contributed by atoms with van der Waals surface area (Å²) < 4.78 is 5.25. The van der Waals surface area contributed by atoms with Crippen LogP contribution < -0.4 is 15.4 Å². The Hall–Kier alpha value is -1.30. The molecule has 2 aliphatic heterocycles. The van der Waals surface area contributed by atoms with Crippen LogP contribution in [0.5, 0.6) is 0 Å². The van der Waals surface area contributed by atoms with Crippen LogP contribution in [0.1, 0.15) is 38.5 Å². The lowest BCUT2D eigenvalue weighted by molar-refractivity contribution is -0.127. The summed E-state index contributed by atoms with van der Waals surface area (Å²) in [6.07, 6.45) is 5.75. The predicted octanol–water partition coefficient (Wildman–Crippen LogP) is 0.550. The third-order valence-corrected chi connectivity index (χ3v) is 5.05. The fourth-order valence-electron chi connectivity index (χ4n) is 2.88. The van der Waals surface area contributed by atoms with Crippen molar-refractivity contribution >= 4 is 23.9 Å². The summed E-state index contributed by atoms with van der Waals surface area (Å²) in [5, 5.41) is 14.7. The van der Waals surface area contributed by atoms with E-state index >= 15 is 0 Å². The van der Waals surface area contributed by atoms with Gasteiger partial charge in [0.15, 0.2) is 0 Å². The molecule has 2 amide bonds. The van der Waals surface area contributed by atoms with Crippen LogP contribution in [0.25, 0.3) is 0 Å². The van der Waals surface area contributed by atoms with Gasteiger partial charge in [-0.2, -0.15) is 5.26 Å². The minimum atomic E-state index is -0.613. The van der Waals surface area contributed by atoms with Gasteiger partial charge in [-0.05, 0) is 32.1 Å².